The fourth-order valence-corrected chi connectivity index (χ4v) is 2.37. The Morgan fingerprint density at radius 2 is 1.96 bits per heavy atom. The van der Waals surface area contributed by atoms with Crippen molar-refractivity contribution < 1.29 is 9.53 Å². The van der Waals surface area contributed by atoms with Gasteiger partial charge in [0.1, 0.15) is 6.61 Å². The number of nitriles is 1. The number of ether oxygens (including phenoxy) is 1. The van der Waals surface area contributed by atoms with Crippen LogP contribution in [0, 0.1) is 11.3 Å². The number of hydrogen-bond donors (Lipinski definition) is 0. The van der Waals surface area contributed by atoms with Crippen molar-refractivity contribution in [3.05, 3.63) is 83.6 Å². The van der Waals surface area contributed by atoms with Gasteiger partial charge < -0.3 is 4.74 Å². The summed E-state index contributed by atoms with van der Waals surface area (Å²) in [5, 5.41) is 10.0. The van der Waals surface area contributed by atoms with Crippen LogP contribution < -0.4 is 0 Å². The number of aromatic nitrogens is 1. The quantitative estimate of drug-likeness (QED) is 0.542. The van der Waals surface area contributed by atoms with E-state index in [1.807, 2.05) is 36.4 Å². The molecule has 0 saturated carbocycles. The van der Waals surface area contributed by atoms with Crippen LogP contribution in [0.4, 0.5) is 0 Å². The molecular formula is C20H14N2O2. The standard InChI is InChI=1S/C20H14N2O2/c21-13-17-5-1-2-6-18(17)14-24-19(23)11-10-16-8-3-7-15-9-4-12-22-20(15)16/h1-12H,14H2/b11-10+. The van der Waals surface area contributed by atoms with Crippen molar-refractivity contribution >= 4 is 22.9 Å². The summed E-state index contributed by atoms with van der Waals surface area (Å²) >= 11 is 0. The van der Waals surface area contributed by atoms with Crippen LogP contribution in [0.15, 0.2) is 66.9 Å². The molecule has 0 N–H and O–H groups in total. The zero-order valence-corrected chi connectivity index (χ0v) is 12.8. The molecule has 2 aromatic carbocycles. The minimum absolute atomic E-state index is 0.0701. The summed E-state index contributed by atoms with van der Waals surface area (Å²) in [5.41, 5.74) is 2.88. The van der Waals surface area contributed by atoms with Gasteiger partial charge in [0, 0.05) is 28.8 Å². The van der Waals surface area contributed by atoms with Crippen LogP contribution in [-0.4, -0.2) is 11.0 Å². The number of benzene rings is 2. The SMILES string of the molecule is N#Cc1ccccc1COC(=O)/C=C/c1cccc2cccnc12. The monoisotopic (exact) mass is 314 g/mol. The predicted octanol–water partition coefficient (Wildman–Crippen LogP) is 3.86. The van der Waals surface area contributed by atoms with Gasteiger partial charge in [-0.15, -0.1) is 0 Å². The molecular weight excluding hydrogens is 300 g/mol. The highest BCUT2D eigenvalue weighted by Gasteiger charge is 2.04. The minimum Gasteiger partial charge on any atom is -0.458 e. The number of esters is 1. The third kappa shape index (κ3) is 3.47. The summed E-state index contributed by atoms with van der Waals surface area (Å²) < 4.78 is 5.21. The largest absolute Gasteiger partial charge is 0.458 e. The molecule has 0 radical (unpaired) electrons. The number of carbonyl (C=O) groups is 1. The zero-order valence-electron chi connectivity index (χ0n) is 12.8. The van der Waals surface area contributed by atoms with E-state index in [1.54, 1.807) is 30.5 Å². The highest BCUT2D eigenvalue weighted by atomic mass is 16.5. The normalized spacial score (nSPS) is 10.6. The summed E-state index contributed by atoms with van der Waals surface area (Å²) in [6, 6.07) is 18.7. The highest BCUT2D eigenvalue weighted by Crippen LogP contribution is 2.17. The number of fused-ring (bicyclic) bond motifs is 1. The lowest BCUT2D eigenvalue weighted by atomic mass is 10.1. The lowest BCUT2D eigenvalue weighted by Gasteiger charge is -2.04. The predicted molar refractivity (Wildman–Crippen MR) is 91.7 cm³/mol. The molecule has 0 saturated heterocycles. The van der Waals surface area contributed by atoms with E-state index in [2.05, 4.69) is 11.1 Å². The van der Waals surface area contributed by atoms with Gasteiger partial charge in [-0.05, 0) is 18.2 Å². The van der Waals surface area contributed by atoms with Crippen molar-refractivity contribution in [3.63, 3.8) is 0 Å². The first kappa shape index (κ1) is 15.4. The van der Waals surface area contributed by atoms with Crippen LogP contribution in [0.2, 0.25) is 0 Å². The highest BCUT2D eigenvalue weighted by molar-refractivity contribution is 5.92. The molecule has 0 bridgehead atoms. The second-order valence-electron chi connectivity index (χ2n) is 5.13. The summed E-state index contributed by atoms with van der Waals surface area (Å²) in [7, 11) is 0. The lowest BCUT2D eigenvalue weighted by Crippen LogP contribution is -2.02. The van der Waals surface area contributed by atoms with Crippen LogP contribution in [0.25, 0.3) is 17.0 Å². The molecule has 116 valence electrons. The Morgan fingerprint density at radius 1 is 1.12 bits per heavy atom. The van der Waals surface area contributed by atoms with Gasteiger partial charge in [-0.2, -0.15) is 5.26 Å². The Balaban J connectivity index is 1.70. The van der Waals surface area contributed by atoms with Gasteiger partial charge in [0.05, 0.1) is 17.1 Å². The van der Waals surface area contributed by atoms with Gasteiger partial charge in [-0.1, -0.05) is 42.5 Å². The van der Waals surface area contributed by atoms with Gasteiger partial charge in [-0.3, -0.25) is 4.98 Å². The zero-order chi connectivity index (χ0) is 16.8. The number of nitrogens with zero attached hydrogens (tertiary/aromatic N) is 2. The van der Waals surface area contributed by atoms with E-state index >= 15 is 0 Å². The maximum Gasteiger partial charge on any atom is 0.331 e. The van der Waals surface area contributed by atoms with Crippen LogP contribution in [0.1, 0.15) is 16.7 Å². The molecule has 3 aromatic rings. The van der Waals surface area contributed by atoms with Crippen molar-refractivity contribution in [2.45, 2.75) is 6.61 Å². The van der Waals surface area contributed by atoms with Crippen molar-refractivity contribution in [2.75, 3.05) is 0 Å². The van der Waals surface area contributed by atoms with E-state index < -0.39 is 5.97 Å². The molecule has 1 aromatic heterocycles. The van der Waals surface area contributed by atoms with Crippen molar-refractivity contribution in [2.24, 2.45) is 0 Å². The molecule has 4 heteroatoms. The topological polar surface area (TPSA) is 63.0 Å². The van der Waals surface area contributed by atoms with Crippen molar-refractivity contribution in [1.82, 2.24) is 4.98 Å². The van der Waals surface area contributed by atoms with E-state index in [0.717, 1.165) is 16.5 Å². The molecule has 24 heavy (non-hydrogen) atoms. The fourth-order valence-electron chi connectivity index (χ4n) is 2.37. The number of hydrogen-bond acceptors (Lipinski definition) is 4. The Hall–Kier alpha value is -3.45. The Bertz CT molecular complexity index is 950. The smallest absolute Gasteiger partial charge is 0.331 e. The fraction of sp³-hybridized carbons (Fsp3) is 0.0500. The second-order valence-corrected chi connectivity index (χ2v) is 5.13. The van der Waals surface area contributed by atoms with Crippen LogP contribution in [0.3, 0.4) is 0 Å². The van der Waals surface area contributed by atoms with E-state index in [9.17, 15) is 4.79 Å². The molecule has 4 nitrogen and oxygen atoms in total. The van der Waals surface area contributed by atoms with Gasteiger partial charge in [0.15, 0.2) is 0 Å². The number of carbonyl (C=O) groups excluding carboxylic acids is 1. The third-order valence-electron chi connectivity index (χ3n) is 3.57. The van der Waals surface area contributed by atoms with Gasteiger partial charge in [-0.25, -0.2) is 4.79 Å². The van der Waals surface area contributed by atoms with E-state index in [1.165, 1.54) is 6.08 Å². The van der Waals surface area contributed by atoms with E-state index in [4.69, 9.17) is 10.00 Å². The summed E-state index contributed by atoms with van der Waals surface area (Å²) in [6.07, 6.45) is 4.78. The van der Waals surface area contributed by atoms with Crippen LogP contribution in [-0.2, 0) is 16.1 Å². The molecule has 0 atom stereocenters. The molecule has 0 aliphatic heterocycles. The maximum absolute atomic E-state index is 11.9. The first-order valence-corrected chi connectivity index (χ1v) is 7.44. The Labute approximate surface area is 139 Å². The van der Waals surface area contributed by atoms with Gasteiger partial charge >= 0.3 is 5.97 Å². The first-order valence-electron chi connectivity index (χ1n) is 7.44. The van der Waals surface area contributed by atoms with Crippen LogP contribution >= 0.6 is 0 Å². The summed E-state index contributed by atoms with van der Waals surface area (Å²) in [5.74, 6) is -0.462. The molecule has 0 aliphatic carbocycles. The molecule has 0 aliphatic rings. The van der Waals surface area contributed by atoms with Crippen molar-refractivity contribution in [1.29, 1.82) is 5.26 Å². The summed E-state index contributed by atoms with van der Waals surface area (Å²) in [6.45, 7) is 0.0701. The van der Waals surface area contributed by atoms with E-state index in [-0.39, 0.29) is 6.61 Å². The second kappa shape index (κ2) is 7.21. The lowest BCUT2D eigenvalue weighted by molar-refractivity contribution is -0.138. The van der Waals surface area contributed by atoms with Gasteiger partial charge in [0.2, 0.25) is 0 Å². The van der Waals surface area contributed by atoms with Crippen molar-refractivity contribution in [3.8, 4) is 6.07 Å². The Morgan fingerprint density at radius 3 is 2.83 bits per heavy atom. The molecule has 0 unspecified atom stereocenters. The summed E-state index contributed by atoms with van der Waals surface area (Å²) in [4.78, 5) is 16.2. The molecule has 0 amide bonds. The van der Waals surface area contributed by atoms with Crippen LogP contribution in [0.5, 0.6) is 0 Å². The first-order chi connectivity index (χ1) is 11.8. The molecule has 0 spiro atoms. The molecule has 1 heterocycles. The van der Waals surface area contributed by atoms with Gasteiger partial charge in [0.25, 0.3) is 0 Å². The average Bonchev–Trinajstić information content (AvgIpc) is 2.64. The van der Waals surface area contributed by atoms with E-state index in [0.29, 0.717) is 11.1 Å². The maximum atomic E-state index is 11.9. The minimum atomic E-state index is -0.462. The number of pyridine rings is 1. The molecule has 3 rings (SSSR count). The Kier molecular flexibility index (Phi) is 4.64. The average molecular weight is 314 g/mol. The molecule has 0 fully saturated rings. The third-order valence-corrected chi connectivity index (χ3v) is 3.57. The number of rotatable bonds is 4. The number of para-hydroxylation sites is 1.